The van der Waals surface area contributed by atoms with E-state index in [2.05, 4.69) is 10.0 Å². The molecule has 3 rings (SSSR count). The first-order valence-electron chi connectivity index (χ1n) is 8.72. The molecule has 1 atom stereocenters. The molecule has 2 amide bonds. The minimum Gasteiger partial charge on any atom is -0.351 e. The molecule has 1 fully saturated rings. The number of nitrogens with zero attached hydrogens (tertiary/aromatic N) is 1. The third-order valence-electron chi connectivity index (χ3n) is 4.30. The summed E-state index contributed by atoms with van der Waals surface area (Å²) in [6.45, 7) is 0.224. The first-order chi connectivity index (χ1) is 13.6. The summed E-state index contributed by atoms with van der Waals surface area (Å²) >= 11 is 5.67. The summed E-state index contributed by atoms with van der Waals surface area (Å²) in [5.41, 5.74) is 1.37. The molecule has 2 aromatic rings. The Bertz CT molecular complexity index is 1060. The lowest BCUT2D eigenvalue weighted by atomic mass is 10.1. The zero-order valence-electron chi connectivity index (χ0n) is 15.5. The van der Waals surface area contributed by atoms with Crippen LogP contribution in [-0.4, -0.2) is 39.1 Å². The van der Waals surface area contributed by atoms with E-state index in [0.717, 1.165) is 6.26 Å². The molecule has 1 aliphatic heterocycles. The van der Waals surface area contributed by atoms with Crippen molar-refractivity contribution in [2.75, 3.05) is 22.4 Å². The van der Waals surface area contributed by atoms with Crippen LogP contribution in [0.3, 0.4) is 0 Å². The van der Waals surface area contributed by atoms with Gasteiger partial charge < -0.3 is 10.2 Å². The van der Waals surface area contributed by atoms with Crippen LogP contribution in [0.2, 0.25) is 5.02 Å². The Hall–Kier alpha value is -2.65. The summed E-state index contributed by atoms with van der Waals surface area (Å²) < 4.78 is 38.7. The van der Waals surface area contributed by atoms with E-state index in [4.69, 9.17) is 11.6 Å². The van der Waals surface area contributed by atoms with E-state index < -0.39 is 21.9 Å². The van der Waals surface area contributed by atoms with Gasteiger partial charge in [0.1, 0.15) is 5.82 Å². The molecule has 2 aromatic carbocycles. The second-order valence-corrected chi connectivity index (χ2v) is 8.98. The molecule has 7 nitrogen and oxygen atoms in total. The highest BCUT2D eigenvalue weighted by Crippen LogP contribution is 2.26. The number of sulfonamides is 1. The van der Waals surface area contributed by atoms with Gasteiger partial charge >= 0.3 is 0 Å². The lowest BCUT2D eigenvalue weighted by molar-refractivity contribution is -0.121. The fraction of sp³-hybridized carbons (Fsp3) is 0.263. The molecule has 1 aliphatic rings. The topological polar surface area (TPSA) is 95.6 Å². The van der Waals surface area contributed by atoms with Crippen molar-refractivity contribution in [3.8, 4) is 0 Å². The fourth-order valence-electron chi connectivity index (χ4n) is 3.13. The van der Waals surface area contributed by atoms with Crippen LogP contribution >= 0.6 is 11.6 Å². The number of hydrogen-bond acceptors (Lipinski definition) is 4. The summed E-state index contributed by atoms with van der Waals surface area (Å²) in [5, 5.41) is 2.76. The molecule has 0 saturated carbocycles. The van der Waals surface area contributed by atoms with Crippen LogP contribution in [0.4, 0.5) is 15.8 Å². The molecule has 1 heterocycles. The maximum absolute atomic E-state index is 13.7. The van der Waals surface area contributed by atoms with Gasteiger partial charge in [-0.25, -0.2) is 12.8 Å². The highest BCUT2D eigenvalue weighted by Gasteiger charge is 2.31. The quantitative estimate of drug-likeness (QED) is 0.722. The fourth-order valence-corrected chi connectivity index (χ4v) is 3.80. The van der Waals surface area contributed by atoms with Crippen molar-refractivity contribution >= 4 is 44.8 Å². The van der Waals surface area contributed by atoms with Crippen LogP contribution in [0.1, 0.15) is 12.0 Å². The molecule has 0 radical (unpaired) electrons. The normalized spacial score (nSPS) is 16.7. The maximum atomic E-state index is 13.7. The second kappa shape index (κ2) is 8.38. The molecule has 10 heteroatoms. The molecule has 1 saturated heterocycles. The number of nitrogens with one attached hydrogen (secondary N) is 2. The van der Waals surface area contributed by atoms with Crippen LogP contribution in [0.25, 0.3) is 0 Å². The largest absolute Gasteiger partial charge is 0.351 e. The van der Waals surface area contributed by atoms with Crippen LogP contribution in [0.5, 0.6) is 0 Å². The third-order valence-corrected chi connectivity index (χ3v) is 5.21. The first-order valence-corrected chi connectivity index (χ1v) is 11.0. The molecule has 0 aliphatic carbocycles. The molecule has 0 aromatic heterocycles. The first kappa shape index (κ1) is 21.1. The van der Waals surface area contributed by atoms with Gasteiger partial charge in [-0.05, 0) is 35.9 Å². The summed E-state index contributed by atoms with van der Waals surface area (Å²) in [7, 11) is -3.41. The summed E-state index contributed by atoms with van der Waals surface area (Å²) in [4.78, 5) is 26.0. The van der Waals surface area contributed by atoms with Crippen molar-refractivity contribution in [2.24, 2.45) is 0 Å². The van der Waals surface area contributed by atoms with Gasteiger partial charge in [-0.2, -0.15) is 0 Å². The van der Waals surface area contributed by atoms with E-state index in [1.807, 2.05) is 0 Å². The maximum Gasteiger partial charge on any atom is 0.229 e. The predicted molar refractivity (Wildman–Crippen MR) is 109 cm³/mol. The SMILES string of the molecule is CS(=O)(=O)Nc1cccc(CC(=O)NC2CC(=O)N(c3ccc(Cl)c(F)c3)C2)c1. The van der Waals surface area contributed by atoms with Crippen LogP contribution in [0, 0.1) is 5.82 Å². The lowest BCUT2D eigenvalue weighted by Crippen LogP contribution is -2.38. The zero-order chi connectivity index (χ0) is 21.2. The minimum absolute atomic E-state index is 0.0273. The van der Waals surface area contributed by atoms with E-state index >= 15 is 0 Å². The van der Waals surface area contributed by atoms with Crippen LogP contribution in [-0.2, 0) is 26.0 Å². The highest BCUT2D eigenvalue weighted by atomic mass is 35.5. The summed E-state index contributed by atoms with van der Waals surface area (Å²) in [6.07, 6.45) is 1.17. The number of amides is 2. The molecule has 1 unspecified atom stereocenters. The van der Waals surface area contributed by atoms with E-state index in [-0.39, 0.29) is 36.2 Å². The number of benzene rings is 2. The van der Waals surface area contributed by atoms with E-state index in [1.165, 1.54) is 17.0 Å². The number of carbonyl (C=O) groups is 2. The average Bonchev–Trinajstić information content (AvgIpc) is 2.96. The van der Waals surface area contributed by atoms with Crippen LogP contribution in [0.15, 0.2) is 42.5 Å². The molecular formula is C19H19ClFN3O4S. The molecule has 2 N–H and O–H groups in total. The van der Waals surface area contributed by atoms with Crippen LogP contribution < -0.4 is 14.9 Å². The summed E-state index contributed by atoms with van der Waals surface area (Å²) in [5.74, 6) is -1.15. The van der Waals surface area contributed by atoms with Crippen molar-refractivity contribution < 1.29 is 22.4 Å². The van der Waals surface area contributed by atoms with Gasteiger partial charge in [0.05, 0.1) is 23.7 Å². The van der Waals surface area contributed by atoms with Crippen molar-refractivity contribution in [1.29, 1.82) is 0 Å². The predicted octanol–water partition coefficient (Wildman–Crippen LogP) is 2.31. The lowest BCUT2D eigenvalue weighted by Gasteiger charge is -2.17. The molecule has 0 bridgehead atoms. The zero-order valence-corrected chi connectivity index (χ0v) is 17.1. The second-order valence-electron chi connectivity index (χ2n) is 6.82. The number of halogens is 2. The van der Waals surface area contributed by atoms with Gasteiger partial charge in [0.2, 0.25) is 21.8 Å². The third kappa shape index (κ3) is 5.68. The molecule has 29 heavy (non-hydrogen) atoms. The van der Waals surface area contributed by atoms with Gasteiger partial charge in [0.15, 0.2) is 0 Å². The minimum atomic E-state index is -3.41. The Morgan fingerprint density at radius 1 is 1.28 bits per heavy atom. The summed E-state index contributed by atoms with van der Waals surface area (Å²) in [6, 6.07) is 10.2. The van der Waals surface area contributed by atoms with Gasteiger partial charge in [-0.15, -0.1) is 0 Å². The number of anilines is 2. The van der Waals surface area contributed by atoms with Crippen molar-refractivity contribution in [1.82, 2.24) is 5.32 Å². The Morgan fingerprint density at radius 3 is 2.72 bits per heavy atom. The van der Waals surface area contributed by atoms with Gasteiger partial charge in [-0.3, -0.25) is 14.3 Å². The Morgan fingerprint density at radius 2 is 2.03 bits per heavy atom. The number of carbonyl (C=O) groups excluding carboxylic acids is 2. The number of rotatable bonds is 6. The van der Waals surface area contributed by atoms with Crippen molar-refractivity contribution in [2.45, 2.75) is 18.9 Å². The Kier molecular flexibility index (Phi) is 6.09. The highest BCUT2D eigenvalue weighted by molar-refractivity contribution is 7.92. The van der Waals surface area contributed by atoms with Gasteiger partial charge in [-0.1, -0.05) is 23.7 Å². The Labute approximate surface area is 172 Å². The van der Waals surface area contributed by atoms with Gasteiger partial charge in [0, 0.05) is 24.3 Å². The monoisotopic (exact) mass is 439 g/mol. The van der Waals surface area contributed by atoms with E-state index in [0.29, 0.717) is 16.9 Å². The van der Waals surface area contributed by atoms with Gasteiger partial charge in [0.25, 0.3) is 0 Å². The molecule has 154 valence electrons. The number of hydrogen-bond donors (Lipinski definition) is 2. The Balaban J connectivity index is 1.61. The smallest absolute Gasteiger partial charge is 0.229 e. The molecule has 0 spiro atoms. The van der Waals surface area contributed by atoms with Crippen molar-refractivity contribution in [3.63, 3.8) is 0 Å². The van der Waals surface area contributed by atoms with E-state index in [1.54, 1.807) is 30.3 Å². The van der Waals surface area contributed by atoms with E-state index in [9.17, 15) is 22.4 Å². The van der Waals surface area contributed by atoms with Crippen molar-refractivity contribution in [3.05, 3.63) is 58.9 Å². The standard InChI is InChI=1S/C19H19ClFN3O4S/c1-29(27,28)23-13-4-2-3-12(7-13)8-18(25)22-14-9-19(26)24(11-14)15-5-6-16(20)17(21)10-15/h2-7,10,14,23H,8-9,11H2,1H3,(H,22,25). The molecular weight excluding hydrogens is 421 g/mol. The average molecular weight is 440 g/mol.